The molecular formula is C21H23F3N2O5S. The number of alkyl halides is 3. The first-order valence-corrected chi connectivity index (χ1v) is 11.2. The zero-order valence-electron chi connectivity index (χ0n) is 17.5. The molecular weight excluding hydrogens is 449 g/mol. The molecule has 2 aromatic rings. The molecule has 1 aliphatic rings. The van der Waals surface area contributed by atoms with Crippen LogP contribution in [0.2, 0.25) is 0 Å². The van der Waals surface area contributed by atoms with E-state index in [1.165, 1.54) is 14.2 Å². The van der Waals surface area contributed by atoms with Gasteiger partial charge in [-0.1, -0.05) is 6.07 Å². The van der Waals surface area contributed by atoms with E-state index >= 15 is 0 Å². The summed E-state index contributed by atoms with van der Waals surface area (Å²) in [4.78, 5) is 12.3. The fourth-order valence-corrected chi connectivity index (χ4v) is 5.00. The molecule has 7 nitrogen and oxygen atoms in total. The van der Waals surface area contributed by atoms with Crippen LogP contribution in [0.4, 0.5) is 18.9 Å². The number of rotatable bonds is 6. The molecule has 0 atom stereocenters. The first-order valence-electron chi connectivity index (χ1n) is 9.76. The summed E-state index contributed by atoms with van der Waals surface area (Å²) in [5.74, 6) is 0.221. The smallest absolute Gasteiger partial charge is 0.416 e. The van der Waals surface area contributed by atoms with Gasteiger partial charge in [0.05, 0.1) is 30.4 Å². The van der Waals surface area contributed by atoms with Crippen LogP contribution in [0.1, 0.15) is 18.4 Å². The molecule has 3 rings (SSSR count). The minimum atomic E-state index is -4.64. The van der Waals surface area contributed by atoms with Crippen LogP contribution in [0.25, 0.3) is 0 Å². The summed E-state index contributed by atoms with van der Waals surface area (Å²) in [5, 5.41) is 2.78. The number of carbonyl (C=O) groups excluding carboxylic acids is 1. The van der Waals surface area contributed by atoms with Crippen molar-refractivity contribution in [3.8, 4) is 11.5 Å². The fourth-order valence-electron chi connectivity index (χ4n) is 3.49. The van der Waals surface area contributed by atoms with Crippen molar-refractivity contribution in [3.05, 3.63) is 48.0 Å². The summed E-state index contributed by atoms with van der Waals surface area (Å²) >= 11 is 0. The average Bonchev–Trinajstić information content (AvgIpc) is 2.78. The van der Waals surface area contributed by atoms with Crippen LogP contribution in [0, 0.1) is 5.92 Å². The molecule has 2 aromatic carbocycles. The van der Waals surface area contributed by atoms with Gasteiger partial charge in [0.15, 0.2) is 0 Å². The van der Waals surface area contributed by atoms with Gasteiger partial charge in [0.1, 0.15) is 11.5 Å². The Bertz CT molecular complexity index is 1080. The van der Waals surface area contributed by atoms with Crippen molar-refractivity contribution in [2.75, 3.05) is 32.6 Å². The maximum atomic E-state index is 12.9. The molecule has 0 radical (unpaired) electrons. The standard InChI is InChI=1S/C21H23F3N2O5S/c1-30-16-6-7-19(31-2)18(13-16)25-20(27)14-8-10-26(11-9-14)32(28,29)17-5-3-4-15(12-17)21(22,23)24/h3-7,12-14H,8-11H2,1-2H3,(H,25,27). The molecule has 1 amide bonds. The number of halogens is 3. The van der Waals surface area contributed by atoms with Gasteiger partial charge in [-0.2, -0.15) is 17.5 Å². The molecule has 11 heteroatoms. The van der Waals surface area contributed by atoms with Gasteiger partial charge in [-0.3, -0.25) is 4.79 Å². The molecule has 0 bridgehead atoms. The second kappa shape index (κ2) is 9.37. The van der Waals surface area contributed by atoms with Crippen molar-refractivity contribution in [3.63, 3.8) is 0 Å². The number of methoxy groups -OCH3 is 2. The zero-order chi connectivity index (χ0) is 23.5. The predicted molar refractivity (Wildman–Crippen MR) is 111 cm³/mol. The summed E-state index contributed by atoms with van der Waals surface area (Å²) in [6, 6.07) is 8.61. The number of benzene rings is 2. The van der Waals surface area contributed by atoms with Crippen LogP contribution in [0.15, 0.2) is 47.4 Å². The monoisotopic (exact) mass is 472 g/mol. The van der Waals surface area contributed by atoms with E-state index in [2.05, 4.69) is 5.32 Å². The van der Waals surface area contributed by atoms with Gasteiger partial charge in [-0.25, -0.2) is 8.42 Å². The number of nitrogens with zero attached hydrogens (tertiary/aromatic N) is 1. The normalized spacial score (nSPS) is 15.9. The maximum Gasteiger partial charge on any atom is 0.416 e. The molecule has 174 valence electrons. The SMILES string of the molecule is COc1ccc(OC)c(NC(=O)C2CCN(S(=O)(=O)c3cccc(C(F)(F)F)c3)CC2)c1. The van der Waals surface area contributed by atoms with Crippen LogP contribution >= 0.6 is 0 Å². The highest BCUT2D eigenvalue weighted by Crippen LogP contribution is 2.33. The largest absolute Gasteiger partial charge is 0.497 e. The van der Waals surface area contributed by atoms with Crippen molar-refractivity contribution in [1.82, 2.24) is 4.31 Å². The van der Waals surface area contributed by atoms with Crippen molar-refractivity contribution in [2.24, 2.45) is 5.92 Å². The Balaban J connectivity index is 1.68. The lowest BCUT2D eigenvalue weighted by atomic mass is 9.97. The Hall–Kier alpha value is -2.79. The number of hydrogen-bond acceptors (Lipinski definition) is 5. The Morgan fingerprint density at radius 3 is 2.34 bits per heavy atom. The van der Waals surface area contributed by atoms with E-state index in [0.29, 0.717) is 23.3 Å². The lowest BCUT2D eigenvalue weighted by Gasteiger charge is -2.30. The van der Waals surface area contributed by atoms with Gasteiger partial charge in [-0.15, -0.1) is 0 Å². The summed E-state index contributed by atoms with van der Waals surface area (Å²) in [7, 11) is -1.15. The van der Waals surface area contributed by atoms with Crippen LogP contribution in [-0.4, -0.2) is 45.9 Å². The van der Waals surface area contributed by atoms with Gasteiger partial charge >= 0.3 is 6.18 Å². The highest BCUT2D eigenvalue weighted by Gasteiger charge is 2.35. The highest BCUT2D eigenvalue weighted by atomic mass is 32.2. The van der Waals surface area contributed by atoms with Gasteiger partial charge in [0, 0.05) is 25.1 Å². The minimum absolute atomic E-state index is 0.0198. The van der Waals surface area contributed by atoms with Crippen LogP contribution in [0.5, 0.6) is 11.5 Å². The molecule has 0 aliphatic carbocycles. The Kier molecular flexibility index (Phi) is 6.99. The molecule has 1 heterocycles. The summed E-state index contributed by atoms with van der Waals surface area (Å²) in [6.45, 7) is 0.0395. The maximum absolute atomic E-state index is 12.9. The second-order valence-corrected chi connectivity index (χ2v) is 9.20. The Morgan fingerprint density at radius 2 is 1.75 bits per heavy atom. The topological polar surface area (TPSA) is 84.9 Å². The lowest BCUT2D eigenvalue weighted by molar-refractivity contribution is -0.137. The van der Waals surface area contributed by atoms with Crippen molar-refractivity contribution in [2.45, 2.75) is 23.9 Å². The third kappa shape index (κ3) is 5.16. The van der Waals surface area contributed by atoms with Gasteiger partial charge in [0.2, 0.25) is 15.9 Å². The van der Waals surface area contributed by atoms with E-state index in [0.717, 1.165) is 22.5 Å². The van der Waals surface area contributed by atoms with Crippen molar-refractivity contribution < 1.29 is 35.9 Å². The summed E-state index contributed by atoms with van der Waals surface area (Å²) in [5.41, 5.74) is -0.601. The minimum Gasteiger partial charge on any atom is -0.497 e. The third-order valence-corrected chi connectivity index (χ3v) is 7.18. The van der Waals surface area contributed by atoms with E-state index < -0.39 is 32.6 Å². The van der Waals surface area contributed by atoms with Crippen molar-refractivity contribution >= 4 is 21.6 Å². The van der Waals surface area contributed by atoms with Gasteiger partial charge in [0.25, 0.3) is 0 Å². The predicted octanol–water partition coefficient (Wildman–Crippen LogP) is 3.76. The number of amides is 1. The second-order valence-electron chi connectivity index (χ2n) is 7.26. The molecule has 32 heavy (non-hydrogen) atoms. The van der Waals surface area contributed by atoms with E-state index in [-0.39, 0.29) is 31.8 Å². The summed E-state index contributed by atoms with van der Waals surface area (Å²) < 4.78 is 76.0. The van der Waals surface area contributed by atoms with Crippen LogP contribution in [-0.2, 0) is 21.0 Å². The highest BCUT2D eigenvalue weighted by molar-refractivity contribution is 7.89. The van der Waals surface area contributed by atoms with E-state index in [4.69, 9.17) is 9.47 Å². The Labute approximate surface area is 184 Å². The molecule has 1 N–H and O–H groups in total. The number of carbonyl (C=O) groups is 1. The molecule has 0 aromatic heterocycles. The number of sulfonamides is 1. The van der Waals surface area contributed by atoms with Crippen LogP contribution in [0.3, 0.4) is 0 Å². The first kappa shape index (κ1) is 23.9. The Morgan fingerprint density at radius 1 is 1.06 bits per heavy atom. The number of ether oxygens (including phenoxy) is 2. The number of nitrogens with one attached hydrogen (secondary N) is 1. The first-order chi connectivity index (χ1) is 15.1. The fraction of sp³-hybridized carbons (Fsp3) is 0.381. The van der Waals surface area contributed by atoms with Gasteiger partial charge in [-0.05, 0) is 43.2 Å². The molecule has 0 spiro atoms. The van der Waals surface area contributed by atoms with Crippen molar-refractivity contribution in [1.29, 1.82) is 0 Å². The summed E-state index contributed by atoms with van der Waals surface area (Å²) in [6.07, 6.45) is -4.18. The number of hydrogen-bond donors (Lipinski definition) is 1. The van der Waals surface area contributed by atoms with Gasteiger partial charge < -0.3 is 14.8 Å². The number of anilines is 1. The average molecular weight is 472 g/mol. The quantitative estimate of drug-likeness (QED) is 0.692. The van der Waals surface area contributed by atoms with E-state index in [1.54, 1.807) is 18.2 Å². The number of piperidine rings is 1. The third-order valence-electron chi connectivity index (χ3n) is 5.29. The van der Waals surface area contributed by atoms with Crippen LogP contribution < -0.4 is 14.8 Å². The molecule has 0 unspecified atom stereocenters. The molecule has 1 fully saturated rings. The zero-order valence-corrected chi connectivity index (χ0v) is 18.3. The molecule has 0 saturated carbocycles. The van der Waals surface area contributed by atoms with E-state index in [1.807, 2.05) is 0 Å². The molecule has 1 saturated heterocycles. The molecule has 1 aliphatic heterocycles. The lowest BCUT2D eigenvalue weighted by Crippen LogP contribution is -2.41. The van der Waals surface area contributed by atoms with E-state index in [9.17, 15) is 26.4 Å².